The highest BCUT2D eigenvalue weighted by Gasteiger charge is 2.45. The average molecular weight is 335 g/mol. The molecule has 25 heavy (non-hydrogen) atoms. The van der Waals surface area contributed by atoms with Crippen molar-refractivity contribution < 1.29 is 4.79 Å². The summed E-state index contributed by atoms with van der Waals surface area (Å²) in [4.78, 5) is 22.2. The second-order valence-electron chi connectivity index (χ2n) is 7.12. The van der Waals surface area contributed by atoms with Gasteiger partial charge in [0.2, 0.25) is 5.91 Å². The first-order valence-electron chi connectivity index (χ1n) is 9.30. The van der Waals surface area contributed by atoms with E-state index in [4.69, 9.17) is 0 Å². The third kappa shape index (κ3) is 3.01. The molecule has 0 unspecified atom stereocenters. The van der Waals surface area contributed by atoms with Crippen molar-refractivity contribution in [2.45, 2.75) is 31.1 Å². The zero-order chi connectivity index (χ0) is 17.1. The zero-order valence-corrected chi connectivity index (χ0v) is 14.6. The Hall–Kier alpha value is -2.36. The third-order valence-corrected chi connectivity index (χ3v) is 5.73. The average Bonchev–Trinajstić information content (AvgIpc) is 3.20. The van der Waals surface area contributed by atoms with E-state index in [0.717, 1.165) is 57.7 Å². The number of nitrogens with zero attached hydrogens (tertiary/aromatic N) is 3. The quantitative estimate of drug-likeness (QED) is 0.864. The van der Waals surface area contributed by atoms with Crippen molar-refractivity contribution in [2.24, 2.45) is 0 Å². The number of hydrogen-bond acceptors (Lipinski definition) is 3. The number of piperazine rings is 1. The molecule has 1 aliphatic carbocycles. The molecule has 1 aliphatic heterocycles. The van der Waals surface area contributed by atoms with Crippen molar-refractivity contribution in [2.75, 3.05) is 31.1 Å². The van der Waals surface area contributed by atoms with Crippen LogP contribution >= 0.6 is 0 Å². The van der Waals surface area contributed by atoms with E-state index in [1.807, 2.05) is 30.5 Å². The summed E-state index contributed by atoms with van der Waals surface area (Å²) >= 11 is 0. The van der Waals surface area contributed by atoms with Crippen LogP contribution in [-0.2, 0) is 10.2 Å². The van der Waals surface area contributed by atoms with Crippen LogP contribution in [0.15, 0.2) is 54.7 Å². The van der Waals surface area contributed by atoms with Gasteiger partial charge in [-0.15, -0.1) is 0 Å². The molecule has 1 amide bonds. The fraction of sp³-hybridized carbons (Fsp3) is 0.429. The molecule has 130 valence electrons. The molecule has 1 aromatic heterocycles. The highest BCUT2D eigenvalue weighted by Crippen LogP contribution is 2.42. The Morgan fingerprint density at radius 1 is 0.880 bits per heavy atom. The smallest absolute Gasteiger partial charge is 0.233 e. The van der Waals surface area contributed by atoms with Crippen LogP contribution in [0.5, 0.6) is 0 Å². The Bertz CT molecular complexity index is 702. The monoisotopic (exact) mass is 335 g/mol. The van der Waals surface area contributed by atoms with Gasteiger partial charge in [0.1, 0.15) is 5.82 Å². The summed E-state index contributed by atoms with van der Waals surface area (Å²) < 4.78 is 0. The minimum Gasteiger partial charge on any atom is -0.353 e. The number of aromatic nitrogens is 1. The standard InChI is InChI=1S/C21H25N3O/c25-20(21(11-5-6-12-21)18-8-2-1-3-9-18)24-16-14-23(15-17-24)19-10-4-7-13-22-19/h1-4,7-10,13H,5-6,11-12,14-17H2. The van der Waals surface area contributed by atoms with Crippen LogP contribution in [0.1, 0.15) is 31.2 Å². The number of amides is 1. The lowest BCUT2D eigenvalue weighted by atomic mass is 9.77. The first-order chi connectivity index (χ1) is 12.3. The molecule has 0 atom stereocenters. The molecule has 0 bridgehead atoms. The molecular weight excluding hydrogens is 310 g/mol. The number of anilines is 1. The SMILES string of the molecule is O=C(N1CCN(c2ccccn2)CC1)C1(c2ccccc2)CCCC1. The normalized spacial score (nSPS) is 19.8. The van der Waals surface area contributed by atoms with Gasteiger partial charge in [0.15, 0.2) is 0 Å². The van der Waals surface area contributed by atoms with Crippen LogP contribution in [0.25, 0.3) is 0 Å². The van der Waals surface area contributed by atoms with Gasteiger partial charge in [-0.05, 0) is 30.5 Å². The molecule has 0 N–H and O–H groups in total. The molecule has 1 saturated heterocycles. The number of rotatable bonds is 3. The number of pyridine rings is 1. The van der Waals surface area contributed by atoms with Crippen molar-refractivity contribution in [1.82, 2.24) is 9.88 Å². The molecule has 0 radical (unpaired) electrons. The second kappa shape index (κ2) is 6.87. The van der Waals surface area contributed by atoms with Crippen molar-refractivity contribution >= 4 is 11.7 Å². The molecular formula is C21H25N3O. The Kier molecular flexibility index (Phi) is 4.43. The fourth-order valence-corrected chi connectivity index (χ4v) is 4.34. The lowest BCUT2D eigenvalue weighted by Crippen LogP contribution is -2.54. The molecule has 2 heterocycles. The molecule has 1 aromatic carbocycles. The van der Waals surface area contributed by atoms with E-state index in [0.29, 0.717) is 5.91 Å². The summed E-state index contributed by atoms with van der Waals surface area (Å²) in [6.07, 6.45) is 6.09. The van der Waals surface area contributed by atoms with Crippen molar-refractivity contribution in [3.63, 3.8) is 0 Å². The largest absolute Gasteiger partial charge is 0.353 e. The minimum atomic E-state index is -0.297. The predicted molar refractivity (Wildman–Crippen MR) is 99.6 cm³/mol. The highest BCUT2D eigenvalue weighted by atomic mass is 16.2. The number of carbonyl (C=O) groups excluding carboxylic acids is 1. The van der Waals surface area contributed by atoms with Crippen molar-refractivity contribution in [3.05, 3.63) is 60.3 Å². The Morgan fingerprint density at radius 3 is 2.20 bits per heavy atom. The first-order valence-corrected chi connectivity index (χ1v) is 9.30. The lowest BCUT2D eigenvalue weighted by Gasteiger charge is -2.40. The van der Waals surface area contributed by atoms with Crippen LogP contribution in [0, 0.1) is 0 Å². The molecule has 2 aliphatic rings. The molecule has 0 spiro atoms. The van der Waals surface area contributed by atoms with E-state index < -0.39 is 0 Å². The maximum Gasteiger partial charge on any atom is 0.233 e. The van der Waals surface area contributed by atoms with Gasteiger partial charge in [-0.2, -0.15) is 0 Å². The molecule has 4 nitrogen and oxygen atoms in total. The zero-order valence-electron chi connectivity index (χ0n) is 14.6. The lowest BCUT2D eigenvalue weighted by molar-refractivity contribution is -0.137. The van der Waals surface area contributed by atoms with Gasteiger partial charge in [0.05, 0.1) is 5.41 Å². The summed E-state index contributed by atoms with van der Waals surface area (Å²) in [5.74, 6) is 1.34. The van der Waals surface area contributed by atoms with E-state index in [1.54, 1.807) is 0 Å². The van der Waals surface area contributed by atoms with E-state index in [1.165, 1.54) is 5.56 Å². The Morgan fingerprint density at radius 2 is 1.56 bits per heavy atom. The van der Waals surface area contributed by atoms with E-state index in [2.05, 4.69) is 39.0 Å². The number of benzene rings is 1. The van der Waals surface area contributed by atoms with Gasteiger partial charge < -0.3 is 9.80 Å². The molecule has 2 fully saturated rings. The van der Waals surface area contributed by atoms with E-state index in [9.17, 15) is 4.79 Å². The summed E-state index contributed by atoms with van der Waals surface area (Å²) in [5.41, 5.74) is 0.902. The van der Waals surface area contributed by atoms with E-state index >= 15 is 0 Å². The molecule has 4 heteroatoms. The van der Waals surface area contributed by atoms with Crippen molar-refractivity contribution in [3.8, 4) is 0 Å². The van der Waals surface area contributed by atoms with Gasteiger partial charge in [-0.1, -0.05) is 49.2 Å². The molecule has 1 saturated carbocycles. The second-order valence-corrected chi connectivity index (χ2v) is 7.12. The first kappa shape index (κ1) is 16.1. The Balaban J connectivity index is 1.49. The van der Waals surface area contributed by atoms with Crippen LogP contribution < -0.4 is 4.90 Å². The Labute approximate surface area is 149 Å². The van der Waals surface area contributed by atoms with Crippen LogP contribution in [0.4, 0.5) is 5.82 Å². The number of hydrogen-bond donors (Lipinski definition) is 0. The number of carbonyl (C=O) groups is 1. The molecule has 2 aromatic rings. The van der Waals surface area contributed by atoms with Crippen LogP contribution in [0.2, 0.25) is 0 Å². The van der Waals surface area contributed by atoms with Gasteiger partial charge in [-0.3, -0.25) is 4.79 Å². The third-order valence-electron chi connectivity index (χ3n) is 5.73. The minimum absolute atomic E-state index is 0.297. The summed E-state index contributed by atoms with van der Waals surface area (Å²) in [7, 11) is 0. The van der Waals surface area contributed by atoms with Gasteiger partial charge >= 0.3 is 0 Å². The van der Waals surface area contributed by atoms with Gasteiger partial charge in [0.25, 0.3) is 0 Å². The summed E-state index contributed by atoms with van der Waals surface area (Å²) in [5, 5.41) is 0. The molecule has 4 rings (SSSR count). The summed E-state index contributed by atoms with van der Waals surface area (Å²) in [6, 6.07) is 16.4. The van der Waals surface area contributed by atoms with Crippen LogP contribution in [0.3, 0.4) is 0 Å². The van der Waals surface area contributed by atoms with Crippen LogP contribution in [-0.4, -0.2) is 42.0 Å². The maximum absolute atomic E-state index is 13.5. The topological polar surface area (TPSA) is 36.4 Å². The predicted octanol–water partition coefficient (Wildman–Crippen LogP) is 3.24. The summed E-state index contributed by atoms with van der Waals surface area (Å²) in [6.45, 7) is 3.27. The fourth-order valence-electron chi connectivity index (χ4n) is 4.34. The van der Waals surface area contributed by atoms with E-state index in [-0.39, 0.29) is 5.41 Å². The van der Waals surface area contributed by atoms with Gasteiger partial charge in [-0.25, -0.2) is 4.98 Å². The maximum atomic E-state index is 13.5. The van der Waals surface area contributed by atoms with Gasteiger partial charge in [0, 0.05) is 32.4 Å². The highest BCUT2D eigenvalue weighted by molar-refractivity contribution is 5.89. The van der Waals surface area contributed by atoms with Crippen molar-refractivity contribution in [1.29, 1.82) is 0 Å².